The zero-order valence-electron chi connectivity index (χ0n) is 15.5. The molecule has 0 aliphatic heterocycles. The fourth-order valence-corrected chi connectivity index (χ4v) is 2.38. The molecule has 1 aromatic rings. The minimum absolute atomic E-state index is 0.113. The summed E-state index contributed by atoms with van der Waals surface area (Å²) in [6.07, 6.45) is 0.561. The number of amides is 1. The summed E-state index contributed by atoms with van der Waals surface area (Å²) in [7, 11) is 1.26. The molecule has 0 fully saturated rings. The van der Waals surface area contributed by atoms with Crippen LogP contribution in [0.25, 0.3) is 0 Å². The summed E-state index contributed by atoms with van der Waals surface area (Å²) in [5.74, 6) is -1.35. The van der Waals surface area contributed by atoms with Crippen molar-refractivity contribution in [1.82, 2.24) is 15.1 Å². The van der Waals surface area contributed by atoms with E-state index in [4.69, 9.17) is 4.74 Å². The molecule has 1 heterocycles. The molecule has 0 saturated carbocycles. The normalized spacial score (nSPS) is 11.9. The molecule has 0 saturated heterocycles. The summed E-state index contributed by atoms with van der Waals surface area (Å²) in [6, 6.07) is 1.17. The van der Waals surface area contributed by atoms with Gasteiger partial charge in [0.05, 0.1) is 25.8 Å². The Kier molecular flexibility index (Phi) is 8.10. The lowest BCUT2D eigenvalue weighted by molar-refractivity contribution is -0.150. The van der Waals surface area contributed by atoms with Gasteiger partial charge in [-0.25, -0.2) is 4.79 Å². The van der Waals surface area contributed by atoms with E-state index >= 15 is 0 Å². The van der Waals surface area contributed by atoms with E-state index in [0.717, 1.165) is 11.4 Å². The molecule has 0 radical (unpaired) electrons. The second kappa shape index (κ2) is 9.80. The van der Waals surface area contributed by atoms with Gasteiger partial charge in [-0.1, -0.05) is 13.8 Å². The first kappa shape index (κ1) is 20.7. The third kappa shape index (κ3) is 7.36. The van der Waals surface area contributed by atoms with Crippen LogP contribution < -0.4 is 5.32 Å². The minimum atomic E-state index is -0.745. The number of carbonyl (C=O) groups is 3. The van der Waals surface area contributed by atoms with E-state index < -0.39 is 30.5 Å². The maximum Gasteiger partial charge on any atom is 0.328 e. The van der Waals surface area contributed by atoms with Crippen molar-refractivity contribution in [2.45, 2.75) is 53.1 Å². The largest absolute Gasteiger partial charge is 0.467 e. The molecule has 1 N–H and O–H groups in total. The molecular formula is C17H27N3O5. The smallest absolute Gasteiger partial charge is 0.328 e. The van der Waals surface area contributed by atoms with Crippen molar-refractivity contribution in [3.63, 3.8) is 0 Å². The standard InChI is InChI=1S/C17H27N3O5/c1-11(2)8-14(17(23)24-5)18-15(21)10-25-16(22)6-7-20-13(4)9-12(3)19-20/h9,11,14H,6-8,10H2,1-5H3,(H,18,21). The van der Waals surface area contributed by atoms with Crippen LogP contribution in [0.15, 0.2) is 6.07 Å². The number of aryl methyl sites for hydroxylation is 3. The SMILES string of the molecule is COC(=O)C(CC(C)C)NC(=O)COC(=O)CCn1nc(C)cc1C. The van der Waals surface area contributed by atoms with Crippen LogP contribution in [0.1, 0.15) is 38.1 Å². The minimum Gasteiger partial charge on any atom is -0.467 e. The highest BCUT2D eigenvalue weighted by Crippen LogP contribution is 2.06. The van der Waals surface area contributed by atoms with Crippen molar-refractivity contribution < 1.29 is 23.9 Å². The molecule has 25 heavy (non-hydrogen) atoms. The van der Waals surface area contributed by atoms with Crippen LogP contribution in [0.3, 0.4) is 0 Å². The van der Waals surface area contributed by atoms with Crippen LogP contribution in [0, 0.1) is 19.8 Å². The molecular weight excluding hydrogens is 326 g/mol. The monoisotopic (exact) mass is 353 g/mol. The fraction of sp³-hybridized carbons (Fsp3) is 0.647. The molecule has 8 heteroatoms. The van der Waals surface area contributed by atoms with Gasteiger partial charge in [-0.3, -0.25) is 14.3 Å². The Morgan fingerprint density at radius 1 is 1.28 bits per heavy atom. The van der Waals surface area contributed by atoms with Crippen LogP contribution in [-0.2, 0) is 30.4 Å². The summed E-state index contributed by atoms with van der Waals surface area (Å²) in [5, 5.41) is 6.78. The van der Waals surface area contributed by atoms with Gasteiger partial charge in [0.15, 0.2) is 6.61 Å². The molecule has 140 valence electrons. The van der Waals surface area contributed by atoms with Crippen molar-refractivity contribution in [2.75, 3.05) is 13.7 Å². The average molecular weight is 353 g/mol. The van der Waals surface area contributed by atoms with Gasteiger partial charge >= 0.3 is 11.9 Å². The molecule has 0 aliphatic carbocycles. The molecule has 0 aromatic carbocycles. The number of hydrogen-bond acceptors (Lipinski definition) is 6. The Morgan fingerprint density at radius 2 is 1.96 bits per heavy atom. The summed E-state index contributed by atoms with van der Waals surface area (Å²) in [5.41, 5.74) is 1.84. The molecule has 1 amide bonds. The van der Waals surface area contributed by atoms with E-state index in [0.29, 0.717) is 13.0 Å². The average Bonchev–Trinajstić information content (AvgIpc) is 2.86. The van der Waals surface area contributed by atoms with Crippen molar-refractivity contribution in [1.29, 1.82) is 0 Å². The van der Waals surface area contributed by atoms with E-state index in [2.05, 4.69) is 15.2 Å². The van der Waals surface area contributed by atoms with E-state index in [1.807, 2.05) is 33.8 Å². The number of esters is 2. The third-order valence-corrected chi connectivity index (χ3v) is 3.52. The highest BCUT2D eigenvalue weighted by Gasteiger charge is 2.23. The maximum atomic E-state index is 11.9. The molecule has 1 rings (SSSR count). The molecule has 1 unspecified atom stereocenters. The highest BCUT2D eigenvalue weighted by molar-refractivity contribution is 5.86. The van der Waals surface area contributed by atoms with Gasteiger partial charge in [-0.05, 0) is 32.3 Å². The van der Waals surface area contributed by atoms with Crippen molar-refractivity contribution in [2.24, 2.45) is 5.92 Å². The number of ether oxygens (including phenoxy) is 2. The molecule has 0 bridgehead atoms. The first-order chi connectivity index (χ1) is 11.7. The molecule has 1 aromatic heterocycles. The van der Waals surface area contributed by atoms with E-state index in [1.165, 1.54) is 7.11 Å². The number of nitrogens with one attached hydrogen (secondary N) is 1. The molecule has 8 nitrogen and oxygen atoms in total. The van der Waals surface area contributed by atoms with Crippen molar-refractivity contribution in [3.8, 4) is 0 Å². The van der Waals surface area contributed by atoms with Crippen LogP contribution in [-0.4, -0.2) is 47.4 Å². The predicted molar refractivity (Wildman–Crippen MR) is 90.7 cm³/mol. The Bertz CT molecular complexity index is 609. The number of rotatable bonds is 9. The van der Waals surface area contributed by atoms with Gasteiger partial charge in [-0.15, -0.1) is 0 Å². The lowest BCUT2D eigenvalue weighted by atomic mass is 10.0. The van der Waals surface area contributed by atoms with E-state index in [-0.39, 0.29) is 12.3 Å². The van der Waals surface area contributed by atoms with Gasteiger partial charge in [0, 0.05) is 5.69 Å². The highest BCUT2D eigenvalue weighted by atomic mass is 16.5. The lowest BCUT2D eigenvalue weighted by Gasteiger charge is -2.18. The zero-order chi connectivity index (χ0) is 19.0. The van der Waals surface area contributed by atoms with Gasteiger partial charge in [-0.2, -0.15) is 5.10 Å². The maximum absolute atomic E-state index is 11.9. The van der Waals surface area contributed by atoms with Crippen molar-refractivity contribution in [3.05, 3.63) is 17.5 Å². The molecule has 0 aliphatic rings. The Morgan fingerprint density at radius 3 is 2.48 bits per heavy atom. The molecule has 1 atom stereocenters. The number of aromatic nitrogens is 2. The second-order valence-electron chi connectivity index (χ2n) is 6.33. The summed E-state index contributed by atoms with van der Waals surface area (Å²) < 4.78 is 11.3. The second-order valence-corrected chi connectivity index (χ2v) is 6.33. The molecule has 0 spiro atoms. The first-order valence-electron chi connectivity index (χ1n) is 8.26. The zero-order valence-corrected chi connectivity index (χ0v) is 15.5. The van der Waals surface area contributed by atoms with Crippen LogP contribution in [0.2, 0.25) is 0 Å². The van der Waals surface area contributed by atoms with Gasteiger partial charge in [0.2, 0.25) is 0 Å². The Balaban J connectivity index is 2.39. The summed E-state index contributed by atoms with van der Waals surface area (Å²) >= 11 is 0. The van der Waals surface area contributed by atoms with Gasteiger partial charge < -0.3 is 14.8 Å². The predicted octanol–water partition coefficient (Wildman–Crippen LogP) is 1.14. The number of carbonyl (C=O) groups excluding carboxylic acids is 3. The van der Waals surface area contributed by atoms with E-state index in [9.17, 15) is 14.4 Å². The fourth-order valence-electron chi connectivity index (χ4n) is 2.38. The van der Waals surface area contributed by atoms with Gasteiger partial charge in [0.1, 0.15) is 6.04 Å². The lowest BCUT2D eigenvalue weighted by Crippen LogP contribution is -2.44. The number of methoxy groups -OCH3 is 1. The van der Waals surface area contributed by atoms with Crippen molar-refractivity contribution >= 4 is 17.8 Å². The third-order valence-electron chi connectivity index (χ3n) is 3.52. The summed E-state index contributed by atoms with van der Waals surface area (Å²) in [4.78, 5) is 35.3. The van der Waals surface area contributed by atoms with Crippen LogP contribution in [0.4, 0.5) is 0 Å². The Hall–Kier alpha value is -2.38. The quantitative estimate of drug-likeness (QED) is 0.668. The first-order valence-corrected chi connectivity index (χ1v) is 8.26. The summed E-state index contributed by atoms with van der Waals surface area (Å²) in [6.45, 7) is 7.60. The number of nitrogens with zero attached hydrogens (tertiary/aromatic N) is 2. The van der Waals surface area contributed by atoms with Crippen LogP contribution in [0.5, 0.6) is 0 Å². The van der Waals surface area contributed by atoms with E-state index in [1.54, 1.807) is 4.68 Å². The Labute approximate surface area is 147 Å². The van der Waals surface area contributed by atoms with Crippen LogP contribution >= 0.6 is 0 Å². The topological polar surface area (TPSA) is 99.5 Å². The van der Waals surface area contributed by atoms with Gasteiger partial charge in [0.25, 0.3) is 5.91 Å². The number of hydrogen-bond donors (Lipinski definition) is 1.